The number of rotatable bonds is 3. The van der Waals surface area contributed by atoms with E-state index in [4.69, 9.17) is 0 Å². The Labute approximate surface area is 150 Å². The normalized spacial score (nSPS) is 20.2. The topological polar surface area (TPSA) is 58.9 Å². The van der Waals surface area contributed by atoms with E-state index in [0.29, 0.717) is 6.04 Å². The van der Waals surface area contributed by atoms with Crippen molar-refractivity contribution in [2.24, 2.45) is 7.05 Å². The summed E-state index contributed by atoms with van der Waals surface area (Å²) >= 11 is 1.85. The molecule has 1 fully saturated rings. The summed E-state index contributed by atoms with van der Waals surface area (Å²) in [7, 11) is 1.97. The molecule has 1 N–H and O–H groups in total. The smallest absolute Gasteiger partial charge is 0.138 e. The Kier molecular flexibility index (Phi) is 3.62. The third-order valence-corrected chi connectivity index (χ3v) is 6.52. The lowest BCUT2D eigenvalue weighted by atomic mass is 10.0. The predicted molar refractivity (Wildman–Crippen MR) is 102 cm³/mol. The summed E-state index contributed by atoms with van der Waals surface area (Å²) in [6.07, 6.45) is 11.8. The first-order valence-electron chi connectivity index (χ1n) is 9.03. The molecular weight excluding hydrogens is 332 g/mol. The molecule has 0 aromatic carbocycles. The minimum absolute atomic E-state index is 0.406. The van der Waals surface area contributed by atoms with Gasteiger partial charge < -0.3 is 10.2 Å². The number of nitrogens with zero attached hydrogens (tertiary/aromatic N) is 5. The van der Waals surface area contributed by atoms with Crippen molar-refractivity contribution in [1.82, 2.24) is 19.7 Å². The number of thiophene rings is 1. The van der Waals surface area contributed by atoms with Gasteiger partial charge in [-0.05, 0) is 37.7 Å². The molecule has 4 heterocycles. The highest BCUT2D eigenvalue weighted by atomic mass is 32.1. The van der Waals surface area contributed by atoms with Crippen molar-refractivity contribution in [3.63, 3.8) is 0 Å². The lowest BCUT2D eigenvalue weighted by Crippen LogP contribution is -2.42. The van der Waals surface area contributed by atoms with Crippen LogP contribution in [0, 0.1) is 0 Å². The van der Waals surface area contributed by atoms with Crippen LogP contribution >= 0.6 is 11.3 Å². The fraction of sp³-hybridized carbons (Fsp3) is 0.500. The van der Waals surface area contributed by atoms with E-state index in [1.54, 1.807) is 6.33 Å². The number of piperidine rings is 1. The summed E-state index contributed by atoms with van der Waals surface area (Å²) in [6, 6.07) is 0.406. The van der Waals surface area contributed by atoms with Crippen molar-refractivity contribution < 1.29 is 0 Å². The van der Waals surface area contributed by atoms with Crippen molar-refractivity contribution in [3.8, 4) is 0 Å². The van der Waals surface area contributed by atoms with E-state index in [2.05, 4.69) is 31.5 Å². The Morgan fingerprint density at radius 1 is 1.24 bits per heavy atom. The molecular formula is C18H22N6S. The van der Waals surface area contributed by atoms with Gasteiger partial charge in [0.25, 0.3) is 0 Å². The van der Waals surface area contributed by atoms with Gasteiger partial charge in [-0.2, -0.15) is 5.10 Å². The first-order chi connectivity index (χ1) is 12.3. The maximum Gasteiger partial charge on any atom is 0.138 e. The molecule has 7 heteroatoms. The second-order valence-electron chi connectivity index (χ2n) is 7.06. The van der Waals surface area contributed by atoms with Crippen LogP contribution in [-0.2, 0) is 19.9 Å². The van der Waals surface area contributed by atoms with Crippen LogP contribution in [0.15, 0.2) is 18.7 Å². The van der Waals surface area contributed by atoms with Crippen molar-refractivity contribution in [2.75, 3.05) is 23.3 Å². The fourth-order valence-corrected chi connectivity index (χ4v) is 5.36. The van der Waals surface area contributed by atoms with Crippen LogP contribution in [0.2, 0.25) is 0 Å². The highest BCUT2D eigenvalue weighted by molar-refractivity contribution is 7.19. The SMILES string of the molecule is Cn1cc(N2CCCC(Nc3ncnc4sc5c(c34)CCC5)C2)cn1. The zero-order chi connectivity index (χ0) is 16.8. The molecule has 0 bridgehead atoms. The first-order valence-corrected chi connectivity index (χ1v) is 9.85. The number of aryl methyl sites for hydroxylation is 3. The number of anilines is 2. The third-order valence-electron chi connectivity index (χ3n) is 5.32. The van der Waals surface area contributed by atoms with Gasteiger partial charge in [0, 0.05) is 37.3 Å². The number of fused-ring (bicyclic) bond motifs is 3. The van der Waals surface area contributed by atoms with Gasteiger partial charge in [-0.1, -0.05) is 0 Å². The average molecular weight is 354 g/mol. The summed E-state index contributed by atoms with van der Waals surface area (Å²) < 4.78 is 1.87. The van der Waals surface area contributed by atoms with Gasteiger partial charge in [-0.3, -0.25) is 4.68 Å². The molecule has 5 rings (SSSR count). The highest BCUT2D eigenvalue weighted by Crippen LogP contribution is 2.39. The van der Waals surface area contributed by atoms with Crippen LogP contribution in [0.25, 0.3) is 10.2 Å². The molecule has 0 spiro atoms. The molecule has 0 saturated carbocycles. The van der Waals surface area contributed by atoms with Gasteiger partial charge in [0.15, 0.2) is 0 Å². The van der Waals surface area contributed by atoms with E-state index in [1.165, 1.54) is 53.6 Å². The van der Waals surface area contributed by atoms with Crippen LogP contribution < -0.4 is 10.2 Å². The monoisotopic (exact) mass is 354 g/mol. The van der Waals surface area contributed by atoms with Gasteiger partial charge >= 0.3 is 0 Å². The quantitative estimate of drug-likeness (QED) is 0.783. The largest absolute Gasteiger partial charge is 0.367 e. The fourth-order valence-electron chi connectivity index (χ4n) is 4.13. The number of aromatic nitrogens is 4. The molecule has 1 unspecified atom stereocenters. The molecule has 1 saturated heterocycles. The molecule has 2 aliphatic rings. The Balaban J connectivity index is 1.41. The minimum atomic E-state index is 0.406. The lowest BCUT2D eigenvalue weighted by molar-refractivity contribution is 0.529. The second-order valence-corrected chi connectivity index (χ2v) is 8.15. The van der Waals surface area contributed by atoms with Crippen molar-refractivity contribution in [1.29, 1.82) is 0 Å². The summed E-state index contributed by atoms with van der Waals surface area (Å²) in [4.78, 5) is 14.2. The molecule has 1 aliphatic heterocycles. The van der Waals surface area contributed by atoms with E-state index in [9.17, 15) is 0 Å². The zero-order valence-electron chi connectivity index (χ0n) is 14.4. The molecule has 25 heavy (non-hydrogen) atoms. The maximum absolute atomic E-state index is 4.60. The van der Waals surface area contributed by atoms with Crippen molar-refractivity contribution in [3.05, 3.63) is 29.2 Å². The van der Waals surface area contributed by atoms with E-state index in [-0.39, 0.29) is 0 Å². The van der Waals surface area contributed by atoms with Crippen LogP contribution in [0.1, 0.15) is 29.7 Å². The van der Waals surface area contributed by atoms with Crippen molar-refractivity contribution in [2.45, 2.75) is 38.1 Å². The minimum Gasteiger partial charge on any atom is -0.367 e. The van der Waals surface area contributed by atoms with Crippen LogP contribution in [0.3, 0.4) is 0 Å². The zero-order valence-corrected chi connectivity index (χ0v) is 15.2. The van der Waals surface area contributed by atoms with Crippen LogP contribution in [-0.4, -0.2) is 38.9 Å². The van der Waals surface area contributed by atoms with Gasteiger partial charge in [0.2, 0.25) is 0 Å². The highest BCUT2D eigenvalue weighted by Gasteiger charge is 2.25. The van der Waals surface area contributed by atoms with E-state index >= 15 is 0 Å². The molecule has 1 aliphatic carbocycles. The summed E-state index contributed by atoms with van der Waals surface area (Å²) in [5.74, 6) is 1.03. The van der Waals surface area contributed by atoms with Crippen LogP contribution in [0.5, 0.6) is 0 Å². The maximum atomic E-state index is 4.60. The molecule has 0 amide bonds. The summed E-state index contributed by atoms with van der Waals surface area (Å²) in [6.45, 7) is 2.08. The molecule has 3 aromatic rings. The lowest BCUT2D eigenvalue weighted by Gasteiger charge is -2.34. The van der Waals surface area contributed by atoms with E-state index < -0.39 is 0 Å². The van der Waals surface area contributed by atoms with Gasteiger partial charge in [0.05, 0.1) is 17.3 Å². The molecule has 6 nitrogen and oxygen atoms in total. The van der Waals surface area contributed by atoms with E-state index in [1.807, 2.05) is 29.3 Å². The standard InChI is InChI=1S/C18H22N6S/c1-23-10-13(8-21-23)24-7-3-4-12(9-24)22-17-16-14-5-2-6-15(14)25-18(16)20-11-19-17/h8,10-12H,2-7,9H2,1H3,(H,19,20,22). The van der Waals surface area contributed by atoms with Gasteiger partial charge in [-0.15, -0.1) is 11.3 Å². The molecule has 0 radical (unpaired) electrons. The molecule has 130 valence electrons. The third kappa shape index (κ3) is 2.66. The average Bonchev–Trinajstić information content (AvgIpc) is 3.31. The Bertz CT molecular complexity index is 914. The Hall–Kier alpha value is -2.15. The number of hydrogen-bond donors (Lipinski definition) is 1. The van der Waals surface area contributed by atoms with Crippen molar-refractivity contribution >= 4 is 33.1 Å². The number of nitrogens with one attached hydrogen (secondary N) is 1. The Morgan fingerprint density at radius 2 is 2.20 bits per heavy atom. The first kappa shape index (κ1) is 15.1. The molecule has 3 aromatic heterocycles. The number of hydrogen-bond acceptors (Lipinski definition) is 6. The van der Waals surface area contributed by atoms with Gasteiger partial charge in [-0.25, -0.2) is 9.97 Å². The predicted octanol–water partition coefficient (Wildman–Crippen LogP) is 2.99. The van der Waals surface area contributed by atoms with Gasteiger partial charge in [0.1, 0.15) is 17.0 Å². The Morgan fingerprint density at radius 3 is 3.08 bits per heavy atom. The second kappa shape index (κ2) is 5.98. The van der Waals surface area contributed by atoms with E-state index in [0.717, 1.165) is 23.7 Å². The summed E-state index contributed by atoms with van der Waals surface area (Å²) in [5.41, 5.74) is 2.70. The molecule has 1 atom stereocenters. The summed E-state index contributed by atoms with van der Waals surface area (Å²) in [5, 5.41) is 9.32. The van der Waals surface area contributed by atoms with Crippen LogP contribution in [0.4, 0.5) is 11.5 Å².